The van der Waals surface area contributed by atoms with Crippen LogP contribution in [-0.2, 0) is 6.42 Å². The number of aliphatic hydroxyl groups is 1. The van der Waals surface area contributed by atoms with Gasteiger partial charge >= 0.3 is 0 Å². The van der Waals surface area contributed by atoms with Crippen LogP contribution in [0.15, 0.2) is 5.51 Å². The van der Waals surface area contributed by atoms with E-state index in [2.05, 4.69) is 23.9 Å². The highest BCUT2D eigenvalue weighted by Crippen LogP contribution is 2.13. The van der Waals surface area contributed by atoms with E-state index in [-0.39, 0.29) is 0 Å². The molecule has 0 atom stereocenters. The standard InChI is InChI=1S/C12H22N2OS/c1-11-12(16-10-13-11)6-8-14(2)7-4-3-5-9-15/h10,15H,3-9H2,1-2H3. The number of unbranched alkanes of at least 4 members (excludes halogenated alkanes) is 2. The molecule has 1 rings (SSSR count). The van der Waals surface area contributed by atoms with Crippen molar-refractivity contribution in [3.05, 3.63) is 16.1 Å². The molecule has 3 nitrogen and oxygen atoms in total. The van der Waals surface area contributed by atoms with Gasteiger partial charge < -0.3 is 10.0 Å². The van der Waals surface area contributed by atoms with Crippen LogP contribution in [0, 0.1) is 6.92 Å². The van der Waals surface area contributed by atoms with Crippen LogP contribution in [-0.4, -0.2) is 41.7 Å². The lowest BCUT2D eigenvalue weighted by Gasteiger charge is -2.15. The summed E-state index contributed by atoms with van der Waals surface area (Å²) in [6.07, 6.45) is 4.34. The molecule has 16 heavy (non-hydrogen) atoms. The van der Waals surface area contributed by atoms with Crippen LogP contribution >= 0.6 is 11.3 Å². The van der Waals surface area contributed by atoms with Crippen molar-refractivity contribution in [3.63, 3.8) is 0 Å². The van der Waals surface area contributed by atoms with E-state index in [1.54, 1.807) is 11.3 Å². The third kappa shape index (κ3) is 5.05. The Hall–Kier alpha value is -0.450. The Balaban J connectivity index is 2.10. The first kappa shape index (κ1) is 13.6. The van der Waals surface area contributed by atoms with Crippen LogP contribution in [0.3, 0.4) is 0 Å². The normalized spacial score (nSPS) is 11.2. The number of hydrogen-bond donors (Lipinski definition) is 1. The van der Waals surface area contributed by atoms with Crippen LogP contribution in [0.1, 0.15) is 29.8 Å². The minimum absolute atomic E-state index is 0.323. The fraction of sp³-hybridized carbons (Fsp3) is 0.750. The summed E-state index contributed by atoms with van der Waals surface area (Å²) in [5, 5.41) is 8.67. The van der Waals surface area contributed by atoms with Crippen molar-refractivity contribution < 1.29 is 5.11 Å². The van der Waals surface area contributed by atoms with Crippen molar-refractivity contribution >= 4 is 11.3 Å². The number of aryl methyl sites for hydroxylation is 1. The van der Waals surface area contributed by atoms with Gasteiger partial charge in [0, 0.05) is 18.0 Å². The monoisotopic (exact) mass is 242 g/mol. The van der Waals surface area contributed by atoms with Gasteiger partial charge in [-0.25, -0.2) is 4.98 Å². The van der Waals surface area contributed by atoms with Crippen LogP contribution in [0.2, 0.25) is 0 Å². The summed E-state index contributed by atoms with van der Waals surface area (Å²) in [4.78, 5) is 8.02. The summed E-state index contributed by atoms with van der Waals surface area (Å²) in [5.41, 5.74) is 3.10. The second kappa shape index (κ2) is 7.76. The molecule has 1 aromatic rings. The van der Waals surface area contributed by atoms with Crippen LogP contribution in [0.4, 0.5) is 0 Å². The minimum Gasteiger partial charge on any atom is -0.396 e. The molecule has 0 bridgehead atoms. The summed E-state index contributed by atoms with van der Waals surface area (Å²) in [6.45, 7) is 4.62. The van der Waals surface area contributed by atoms with E-state index in [1.807, 2.05) is 5.51 Å². The molecule has 0 saturated carbocycles. The topological polar surface area (TPSA) is 36.4 Å². The molecule has 0 fully saturated rings. The molecular weight excluding hydrogens is 220 g/mol. The Morgan fingerprint density at radius 3 is 2.75 bits per heavy atom. The Kier molecular flexibility index (Phi) is 6.61. The predicted molar refractivity (Wildman–Crippen MR) is 69.0 cm³/mol. The molecule has 0 aliphatic carbocycles. The Labute approximate surface area is 102 Å². The number of thiazole rings is 1. The average molecular weight is 242 g/mol. The van der Waals surface area contributed by atoms with Crippen molar-refractivity contribution in [1.82, 2.24) is 9.88 Å². The molecule has 0 amide bonds. The first-order valence-electron chi connectivity index (χ1n) is 5.92. The zero-order valence-corrected chi connectivity index (χ0v) is 11.1. The van der Waals surface area contributed by atoms with E-state index in [4.69, 9.17) is 5.11 Å². The Morgan fingerprint density at radius 2 is 2.12 bits per heavy atom. The summed E-state index contributed by atoms with van der Waals surface area (Å²) < 4.78 is 0. The second-order valence-electron chi connectivity index (χ2n) is 4.20. The fourth-order valence-electron chi connectivity index (χ4n) is 1.64. The third-order valence-electron chi connectivity index (χ3n) is 2.76. The van der Waals surface area contributed by atoms with Crippen molar-refractivity contribution in [2.45, 2.75) is 32.6 Å². The van der Waals surface area contributed by atoms with E-state index >= 15 is 0 Å². The molecule has 0 aliphatic rings. The average Bonchev–Trinajstić information content (AvgIpc) is 2.67. The highest BCUT2D eigenvalue weighted by atomic mass is 32.1. The van der Waals surface area contributed by atoms with Gasteiger partial charge in [-0.3, -0.25) is 0 Å². The van der Waals surface area contributed by atoms with E-state index in [0.29, 0.717) is 6.61 Å². The lowest BCUT2D eigenvalue weighted by atomic mass is 10.2. The fourth-order valence-corrected chi connectivity index (χ4v) is 2.41. The molecule has 0 saturated heterocycles. The van der Waals surface area contributed by atoms with Gasteiger partial charge in [-0.2, -0.15) is 0 Å². The summed E-state index contributed by atoms with van der Waals surface area (Å²) in [5.74, 6) is 0. The minimum atomic E-state index is 0.323. The smallest absolute Gasteiger partial charge is 0.0797 e. The SMILES string of the molecule is Cc1ncsc1CCN(C)CCCCCO. The molecule has 0 radical (unpaired) electrons. The van der Waals surface area contributed by atoms with E-state index in [0.717, 1.165) is 32.4 Å². The molecule has 1 aromatic heterocycles. The second-order valence-corrected chi connectivity index (χ2v) is 5.14. The molecule has 0 spiro atoms. The number of rotatable bonds is 8. The van der Waals surface area contributed by atoms with Crippen LogP contribution < -0.4 is 0 Å². The molecule has 4 heteroatoms. The molecule has 0 unspecified atom stereocenters. The van der Waals surface area contributed by atoms with Gasteiger partial charge in [0.05, 0.1) is 11.2 Å². The number of aromatic nitrogens is 1. The van der Waals surface area contributed by atoms with Crippen LogP contribution in [0.25, 0.3) is 0 Å². The van der Waals surface area contributed by atoms with E-state index in [1.165, 1.54) is 17.0 Å². The predicted octanol–water partition coefficient (Wildman–Crippen LogP) is 2.09. The maximum Gasteiger partial charge on any atom is 0.0797 e. The van der Waals surface area contributed by atoms with Gasteiger partial charge in [0.2, 0.25) is 0 Å². The molecule has 0 aromatic carbocycles. The van der Waals surface area contributed by atoms with Gasteiger partial charge in [-0.1, -0.05) is 0 Å². The van der Waals surface area contributed by atoms with Gasteiger partial charge in [-0.05, 0) is 46.2 Å². The maximum atomic E-state index is 8.67. The largest absolute Gasteiger partial charge is 0.396 e. The van der Waals surface area contributed by atoms with Gasteiger partial charge in [0.15, 0.2) is 0 Å². The Morgan fingerprint density at radius 1 is 1.31 bits per heavy atom. The quantitative estimate of drug-likeness (QED) is 0.709. The van der Waals surface area contributed by atoms with Crippen molar-refractivity contribution in [2.75, 3.05) is 26.7 Å². The maximum absolute atomic E-state index is 8.67. The summed E-state index contributed by atoms with van der Waals surface area (Å²) >= 11 is 1.75. The number of hydrogen-bond acceptors (Lipinski definition) is 4. The molecular formula is C12H22N2OS. The number of likely N-dealkylation sites (N-methyl/N-ethyl adjacent to an activating group) is 1. The molecule has 92 valence electrons. The van der Waals surface area contributed by atoms with Gasteiger partial charge in [0.1, 0.15) is 0 Å². The van der Waals surface area contributed by atoms with E-state index in [9.17, 15) is 0 Å². The van der Waals surface area contributed by atoms with Crippen LogP contribution in [0.5, 0.6) is 0 Å². The van der Waals surface area contributed by atoms with Crippen molar-refractivity contribution in [1.29, 1.82) is 0 Å². The molecule has 0 aliphatic heterocycles. The Bertz CT molecular complexity index is 288. The zero-order valence-electron chi connectivity index (χ0n) is 10.3. The van der Waals surface area contributed by atoms with Crippen molar-refractivity contribution in [3.8, 4) is 0 Å². The third-order valence-corrected chi connectivity index (χ3v) is 3.76. The van der Waals surface area contributed by atoms with Gasteiger partial charge in [-0.15, -0.1) is 11.3 Å². The van der Waals surface area contributed by atoms with Gasteiger partial charge in [0.25, 0.3) is 0 Å². The highest BCUT2D eigenvalue weighted by molar-refractivity contribution is 7.09. The number of nitrogens with zero attached hydrogens (tertiary/aromatic N) is 2. The number of aliphatic hydroxyl groups excluding tert-OH is 1. The highest BCUT2D eigenvalue weighted by Gasteiger charge is 2.03. The molecule has 1 N–H and O–H groups in total. The van der Waals surface area contributed by atoms with Crippen molar-refractivity contribution in [2.24, 2.45) is 0 Å². The lowest BCUT2D eigenvalue weighted by Crippen LogP contribution is -2.22. The first-order valence-corrected chi connectivity index (χ1v) is 6.80. The lowest BCUT2D eigenvalue weighted by molar-refractivity contribution is 0.273. The van der Waals surface area contributed by atoms with E-state index < -0.39 is 0 Å². The zero-order chi connectivity index (χ0) is 11.8. The summed E-state index contributed by atoms with van der Waals surface area (Å²) in [7, 11) is 2.16. The first-order chi connectivity index (χ1) is 7.74. The summed E-state index contributed by atoms with van der Waals surface area (Å²) in [6, 6.07) is 0. The molecule has 1 heterocycles.